The molecule has 0 amide bonds. The van der Waals surface area contributed by atoms with E-state index in [1.165, 1.54) is 0 Å². The van der Waals surface area contributed by atoms with E-state index in [-0.39, 0.29) is 0 Å². The minimum absolute atomic E-state index is 0.473. The predicted molar refractivity (Wildman–Crippen MR) is 129 cm³/mol. The summed E-state index contributed by atoms with van der Waals surface area (Å²) in [4.78, 5) is 4.55. The number of allylic oxidation sites excluding steroid dienone is 14. The summed E-state index contributed by atoms with van der Waals surface area (Å²) >= 11 is 0. The van der Waals surface area contributed by atoms with Gasteiger partial charge in [0.25, 0.3) is 0 Å². The molecular weight excluding hydrogens is 386 g/mol. The van der Waals surface area contributed by atoms with Crippen LogP contribution in [0.5, 0.6) is 0 Å². The van der Waals surface area contributed by atoms with Crippen molar-refractivity contribution in [3.05, 3.63) is 96.1 Å². The maximum absolute atomic E-state index is 5.82. The molecule has 0 aliphatic carbocycles. The Kier molecular flexibility index (Phi) is 11.1. The Bertz CT molecular complexity index is 939. The standard InChI is InChI=1S/C25H31N5O/c1-4-23(19-21(2)25-27-29-30-28-25)16-12-9-8-11-15-22(3)31-20-24-17-13-7-5-6-10-14-18-26-24/h4-6,8,10-17,19H,7,9,18,20H2,1-3H3,(H,27,28,29,30)/b6-5-,11-8-,14-10-,16-12+,17-13-,21-19+,22-15+,23-4-,26-24?. The van der Waals surface area contributed by atoms with Crippen molar-refractivity contribution in [3.63, 3.8) is 0 Å². The van der Waals surface area contributed by atoms with E-state index in [0.717, 1.165) is 35.5 Å². The number of hydrogen-bond donors (Lipinski definition) is 1. The molecule has 6 nitrogen and oxygen atoms in total. The maximum atomic E-state index is 5.82. The van der Waals surface area contributed by atoms with Gasteiger partial charge in [0.2, 0.25) is 0 Å². The molecule has 1 N–H and O–H groups in total. The second kappa shape index (κ2) is 14.4. The number of ether oxygens (including phenoxy) is 1. The summed E-state index contributed by atoms with van der Waals surface area (Å²) in [6.45, 7) is 7.06. The normalized spacial score (nSPS) is 19.5. The lowest BCUT2D eigenvalue weighted by molar-refractivity contribution is 0.262. The SMILES string of the molecule is C/C=C(/C=C/C/C=C\C=C(/C)OCC1=NC/C=C\C=C/C/C=C\1)\C=C(/C)c1nn[nH]n1. The Morgan fingerprint density at radius 3 is 2.84 bits per heavy atom. The Hall–Kier alpha value is -3.54. The van der Waals surface area contributed by atoms with Crippen molar-refractivity contribution in [1.82, 2.24) is 20.6 Å². The minimum atomic E-state index is 0.473. The monoisotopic (exact) mass is 417 g/mol. The van der Waals surface area contributed by atoms with Crippen LogP contribution in [0.3, 0.4) is 0 Å². The van der Waals surface area contributed by atoms with E-state index in [9.17, 15) is 0 Å². The summed E-state index contributed by atoms with van der Waals surface area (Å²) in [7, 11) is 0. The highest BCUT2D eigenvalue weighted by atomic mass is 16.5. The number of H-pyrrole nitrogens is 1. The zero-order valence-corrected chi connectivity index (χ0v) is 18.5. The second-order valence-corrected chi connectivity index (χ2v) is 6.81. The van der Waals surface area contributed by atoms with Gasteiger partial charge in [-0.2, -0.15) is 5.21 Å². The summed E-state index contributed by atoms with van der Waals surface area (Å²) in [5.74, 6) is 1.46. The topological polar surface area (TPSA) is 76.1 Å². The fourth-order valence-electron chi connectivity index (χ4n) is 2.57. The van der Waals surface area contributed by atoms with Crippen LogP contribution < -0.4 is 0 Å². The molecule has 162 valence electrons. The van der Waals surface area contributed by atoms with Gasteiger partial charge in [-0.3, -0.25) is 4.99 Å². The third kappa shape index (κ3) is 10.2. The van der Waals surface area contributed by atoms with Crippen molar-refractivity contribution in [2.75, 3.05) is 13.2 Å². The van der Waals surface area contributed by atoms with Gasteiger partial charge < -0.3 is 4.74 Å². The third-order valence-corrected chi connectivity index (χ3v) is 4.28. The highest BCUT2D eigenvalue weighted by Gasteiger charge is 2.00. The van der Waals surface area contributed by atoms with Gasteiger partial charge in [-0.25, -0.2) is 0 Å². The second-order valence-electron chi connectivity index (χ2n) is 6.81. The predicted octanol–water partition coefficient (Wildman–Crippen LogP) is 5.49. The summed E-state index contributed by atoms with van der Waals surface area (Å²) in [6, 6.07) is 0. The van der Waals surface area contributed by atoms with Gasteiger partial charge in [0.05, 0.1) is 18.0 Å². The van der Waals surface area contributed by atoms with Gasteiger partial charge in [-0.15, -0.1) is 10.2 Å². The number of aliphatic imine (C=N–C) groups is 1. The van der Waals surface area contributed by atoms with Crippen molar-refractivity contribution < 1.29 is 4.74 Å². The number of aromatic nitrogens is 4. The van der Waals surface area contributed by atoms with Crippen LogP contribution in [0, 0.1) is 0 Å². The van der Waals surface area contributed by atoms with Gasteiger partial charge in [-0.05, 0) is 68.2 Å². The van der Waals surface area contributed by atoms with Crippen LogP contribution in [-0.4, -0.2) is 39.5 Å². The van der Waals surface area contributed by atoms with E-state index in [1.807, 2.05) is 69.4 Å². The smallest absolute Gasteiger partial charge is 0.200 e. The lowest BCUT2D eigenvalue weighted by atomic mass is 10.1. The molecule has 6 heteroatoms. The summed E-state index contributed by atoms with van der Waals surface area (Å²) in [6.07, 6.45) is 28.4. The number of nitrogens with zero attached hydrogens (tertiary/aromatic N) is 4. The number of rotatable bonds is 9. The van der Waals surface area contributed by atoms with E-state index in [2.05, 4.69) is 56.0 Å². The average molecular weight is 418 g/mol. The minimum Gasteiger partial charge on any atom is -0.492 e. The van der Waals surface area contributed by atoms with E-state index in [0.29, 0.717) is 19.0 Å². The Labute approximate surface area is 184 Å². The van der Waals surface area contributed by atoms with E-state index >= 15 is 0 Å². The highest BCUT2D eigenvalue weighted by Crippen LogP contribution is 2.11. The average Bonchev–Trinajstić information content (AvgIpc) is 3.33. The fraction of sp³-hybridized carbons (Fsp3) is 0.280. The quantitative estimate of drug-likeness (QED) is 0.426. The molecule has 1 aromatic heterocycles. The first-order valence-electron chi connectivity index (χ1n) is 10.4. The van der Waals surface area contributed by atoms with Crippen LogP contribution in [-0.2, 0) is 4.74 Å². The number of tetrazole rings is 1. The molecule has 0 spiro atoms. The van der Waals surface area contributed by atoms with Crippen molar-refractivity contribution >= 4 is 11.3 Å². The molecule has 2 rings (SSSR count). The number of aromatic amines is 1. The molecule has 31 heavy (non-hydrogen) atoms. The molecule has 1 aliphatic heterocycles. The summed E-state index contributed by atoms with van der Waals surface area (Å²) in [5, 5.41) is 14.0. The maximum Gasteiger partial charge on any atom is 0.200 e. The van der Waals surface area contributed by atoms with Gasteiger partial charge in [0, 0.05) is 0 Å². The molecule has 0 unspecified atom stereocenters. The third-order valence-electron chi connectivity index (χ3n) is 4.28. The first kappa shape index (κ1) is 23.7. The molecule has 0 saturated heterocycles. The van der Waals surface area contributed by atoms with Gasteiger partial charge in [-0.1, -0.05) is 60.8 Å². The van der Waals surface area contributed by atoms with Crippen LogP contribution in [0.15, 0.2) is 95.3 Å². The van der Waals surface area contributed by atoms with Crippen molar-refractivity contribution in [2.24, 2.45) is 4.99 Å². The van der Waals surface area contributed by atoms with Crippen molar-refractivity contribution in [1.29, 1.82) is 0 Å². The van der Waals surface area contributed by atoms with Crippen LogP contribution >= 0.6 is 0 Å². The van der Waals surface area contributed by atoms with Gasteiger partial charge in [0.1, 0.15) is 6.61 Å². The lowest BCUT2D eigenvalue weighted by Gasteiger charge is -2.06. The lowest BCUT2D eigenvalue weighted by Crippen LogP contribution is -2.06. The van der Waals surface area contributed by atoms with Crippen molar-refractivity contribution in [2.45, 2.75) is 33.6 Å². The first-order chi connectivity index (χ1) is 15.2. The molecule has 0 radical (unpaired) electrons. The zero-order chi connectivity index (χ0) is 22.2. The van der Waals surface area contributed by atoms with Gasteiger partial charge >= 0.3 is 0 Å². The molecule has 1 aliphatic rings. The Morgan fingerprint density at radius 2 is 2.03 bits per heavy atom. The summed E-state index contributed by atoms with van der Waals surface area (Å²) in [5.41, 5.74) is 3.00. The first-order valence-corrected chi connectivity index (χ1v) is 10.4. The molecule has 0 aromatic carbocycles. The molecule has 0 atom stereocenters. The van der Waals surface area contributed by atoms with Crippen molar-refractivity contribution in [3.8, 4) is 0 Å². The largest absolute Gasteiger partial charge is 0.492 e. The Balaban J connectivity index is 1.78. The summed E-state index contributed by atoms with van der Waals surface area (Å²) < 4.78 is 5.82. The van der Waals surface area contributed by atoms with E-state index in [4.69, 9.17) is 4.74 Å². The molecule has 0 fully saturated rings. The van der Waals surface area contributed by atoms with Gasteiger partial charge in [0.15, 0.2) is 5.82 Å². The Morgan fingerprint density at radius 1 is 1.16 bits per heavy atom. The molecular formula is C25H31N5O. The van der Waals surface area contributed by atoms with Crippen LogP contribution in [0.4, 0.5) is 0 Å². The molecule has 0 saturated carbocycles. The molecule has 2 heterocycles. The number of hydrogen-bond acceptors (Lipinski definition) is 5. The highest BCUT2D eigenvalue weighted by molar-refractivity contribution is 5.96. The number of nitrogens with one attached hydrogen (secondary N) is 1. The van der Waals surface area contributed by atoms with Crippen LogP contribution in [0.2, 0.25) is 0 Å². The van der Waals surface area contributed by atoms with E-state index in [1.54, 1.807) is 0 Å². The van der Waals surface area contributed by atoms with Crippen LogP contribution in [0.25, 0.3) is 5.57 Å². The van der Waals surface area contributed by atoms with Crippen LogP contribution in [0.1, 0.15) is 39.4 Å². The zero-order valence-electron chi connectivity index (χ0n) is 18.5. The fourth-order valence-corrected chi connectivity index (χ4v) is 2.57. The molecule has 1 aromatic rings. The van der Waals surface area contributed by atoms with E-state index < -0.39 is 0 Å². The molecule has 0 bridgehead atoms.